The van der Waals surface area contributed by atoms with Crippen molar-refractivity contribution in [2.75, 3.05) is 51.4 Å². The normalized spacial score (nSPS) is 12.1. The number of aliphatic imine (C=N–C) groups is 1. The maximum Gasteiger partial charge on any atom is 0.407 e. The standard InChI is InChI=1S/C15H32N4O5S.HI/c1-6-16-13(18-9-10-23-11-12-25(5,21)22)17-7-8-19-14(20)24-15(2,3)4;/h6-12H2,1-5H3,(H,19,20)(H2,16,17,18);1H. The van der Waals surface area contributed by atoms with E-state index in [9.17, 15) is 13.2 Å². The summed E-state index contributed by atoms with van der Waals surface area (Å²) in [5.41, 5.74) is -0.523. The van der Waals surface area contributed by atoms with Crippen molar-refractivity contribution in [3.63, 3.8) is 0 Å². The minimum atomic E-state index is -3.00. The Morgan fingerprint density at radius 3 is 2.23 bits per heavy atom. The van der Waals surface area contributed by atoms with Gasteiger partial charge in [-0.25, -0.2) is 13.2 Å². The molecule has 0 aromatic rings. The van der Waals surface area contributed by atoms with Gasteiger partial charge in [0.2, 0.25) is 0 Å². The third kappa shape index (κ3) is 19.5. The number of halogens is 1. The molecule has 0 aliphatic rings. The summed E-state index contributed by atoms with van der Waals surface area (Å²) in [5, 5.41) is 8.79. The molecule has 1 amide bonds. The summed E-state index contributed by atoms with van der Waals surface area (Å²) in [6.07, 6.45) is 0.711. The fourth-order valence-electron chi connectivity index (χ4n) is 1.54. The lowest BCUT2D eigenvalue weighted by Gasteiger charge is -2.19. The molecule has 0 heterocycles. The number of ether oxygens (including phenoxy) is 2. The first-order valence-electron chi connectivity index (χ1n) is 8.28. The lowest BCUT2D eigenvalue weighted by Crippen LogP contribution is -2.42. The topological polar surface area (TPSA) is 118 Å². The summed E-state index contributed by atoms with van der Waals surface area (Å²) in [4.78, 5) is 15.8. The molecule has 0 aromatic carbocycles. The Balaban J connectivity index is 0. The fourth-order valence-corrected chi connectivity index (χ4v) is 1.96. The number of sulfone groups is 1. The van der Waals surface area contributed by atoms with Crippen molar-refractivity contribution in [1.29, 1.82) is 0 Å². The molecular formula is C15H33IN4O5S. The van der Waals surface area contributed by atoms with E-state index < -0.39 is 21.5 Å². The number of amides is 1. The monoisotopic (exact) mass is 508 g/mol. The quantitative estimate of drug-likeness (QED) is 0.173. The van der Waals surface area contributed by atoms with Gasteiger partial charge >= 0.3 is 6.09 Å². The van der Waals surface area contributed by atoms with Crippen LogP contribution in [0.5, 0.6) is 0 Å². The molecule has 0 unspecified atom stereocenters. The number of alkyl carbamates (subject to hydrolysis) is 1. The van der Waals surface area contributed by atoms with E-state index >= 15 is 0 Å². The van der Waals surface area contributed by atoms with Gasteiger partial charge in [0.05, 0.1) is 25.5 Å². The van der Waals surface area contributed by atoms with Gasteiger partial charge < -0.3 is 25.4 Å². The number of rotatable bonds is 10. The van der Waals surface area contributed by atoms with Crippen LogP contribution >= 0.6 is 24.0 Å². The largest absolute Gasteiger partial charge is 0.444 e. The molecule has 3 N–H and O–H groups in total. The maximum absolute atomic E-state index is 11.5. The summed E-state index contributed by atoms with van der Waals surface area (Å²) < 4.78 is 32.3. The van der Waals surface area contributed by atoms with Gasteiger partial charge in [-0.05, 0) is 27.7 Å². The number of guanidine groups is 1. The zero-order chi connectivity index (χ0) is 19.3. The van der Waals surface area contributed by atoms with Gasteiger partial charge in [-0.2, -0.15) is 0 Å². The van der Waals surface area contributed by atoms with E-state index in [0.717, 1.165) is 0 Å². The van der Waals surface area contributed by atoms with Gasteiger partial charge in [0.15, 0.2) is 5.96 Å². The zero-order valence-corrected chi connectivity index (χ0v) is 19.4. The second-order valence-electron chi connectivity index (χ2n) is 6.36. The third-order valence-corrected chi connectivity index (χ3v) is 3.44. The van der Waals surface area contributed by atoms with Crippen LogP contribution in [0.25, 0.3) is 0 Å². The van der Waals surface area contributed by atoms with Crippen molar-refractivity contribution in [3.05, 3.63) is 0 Å². The molecule has 0 aromatic heterocycles. The van der Waals surface area contributed by atoms with Crippen LogP contribution in [-0.4, -0.2) is 77.5 Å². The first-order valence-corrected chi connectivity index (χ1v) is 10.3. The van der Waals surface area contributed by atoms with Gasteiger partial charge in [-0.3, -0.25) is 4.99 Å². The van der Waals surface area contributed by atoms with Crippen molar-refractivity contribution in [2.24, 2.45) is 4.99 Å². The molecular weight excluding hydrogens is 475 g/mol. The predicted molar refractivity (Wildman–Crippen MR) is 114 cm³/mol. The van der Waals surface area contributed by atoms with Crippen molar-refractivity contribution in [1.82, 2.24) is 16.0 Å². The van der Waals surface area contributed by atoms with Crippen LogP contribution in [-0.2, 0) is 19.3 Å². The Morgan fingerprint density at radius 1 is 1.08 bits per heavy atom. The van der Waals surface area contributed by atoms with E-state index in [0.29, 0.717) is 38.7 Å². The van der Waals surface area contributed by atoms with Crippen molar-refractivity contribution < 1.29 is 22.7 Å². The maximum atomic E-state index is 11.5. The smallest absolute Gasteiger partial charge is 0.407 e. The van der Waals surface area contributed by atoms with Crippen LogP contribution in [0.15, 0.2) is 4.99 Å². The second-order valence-corrected chi connectivity index (χ2v) is 8.62. The van der Waals surface area contributed by atoms with Gasteiger partial charge in [-0.1, -0.05) is 0 Å². The van der Waals surface area contributed by atoms with Gasteiger partial charge in [0.1, 0.15) is 15.4 Å². The zero-order valence-electron chi connectivity index (χ0n) is 16.3. The Bertz CT molecular complexity index is 521. The fraction of sp³-hybridized carbons (Fsp3) is 0.867. The molecule has 11 heteroatoms. The molecule has 26 heavy (non-hydrogen) atoms. The Morgan fingerprint density at radius 2 is 1.69 bits per heavy atom. The summed E-state index contributed by atoms with van der Waals surface area (Å²) in [5.74, 6) is 0.603. The Hall–Kier alpha value is -0.820. The van der Waals surface area contributed by atoms with Crippen LogP contribution in [0.4, 0.5) is 4.79 Å². The van der Waals surface area contributed by atoms with E-state index in [1.165, 1.54) is 6.26 Å². The number of hydrogen-bond donors (Lipinski definition) is 3. The van der Waals surface area contributed by atoms with E-state index in [1.54, 1.807) is 20.8 Å². The highest BCUT2D eigenvalue weighted by Gasteiger charge is 2.15. The van der Waals surface area contributed by atoms with Crippen LogP contribution in [0.3, 0.4) is 0 Å². The number of carbonyl (C=O) groups is 1. The first-order chi connectivity index (χ1) is 11.5. The highest BCUT2D eigenvalue weighted by atomic mass is 127. The molecule has 9 nitrogen and oxygen atoms in total. The average Bonchev–Trinajstić information content (AvgIpc) is 2.44. The molecule has 156 valence electrons. The van der Waals surface area contributed by atoms with E-state index in [2.05, 4.69) is 20.9 Å². The molecule has 0 saturated carbocycles. The van der Waals surface area contributed by atoms with Crippen LogP contribution in [0, 0.1) is 0 Å². The van der Waals surface area contributed by atoms with Gasteiger partial charge in [0.25, 0.3) is 0 Å². The van der Waals surface area contributed by atoms with Crippen LogP contribution in [0.2, 0.25) is 0 Å². The highest BCUT2D eigenvalue weighted by molar-refractivity contribution is 14.0. The molecule has 0 aliphatic heterocycles. The Labute approximate surface area is 174 Å². The molecule has 0 radical (unpaired) electrons. The number of carbonyl (C=O) groups excluding carboxylic acids is 1. The summed E-state index contributed by atoms with van der Waals surface area (Å²) in [7, 11) is -3.00. The van der Waals surface area contributed by atoms with Crippen molar-refractivity contribution in [2.45, 2.75) is 33.3 Å². The lowest BCUT2D eigenvalue weighted by atomic mass is 10.2. The molecule has 0 aliphatic carbocycles. The number of hydrogen-bond acceptors (Lipinski definition) is 6. The molecule has 0 rings (SSSR count). The summed E-state index contributed by atoms with van der Waals surface area (Å²) >= 11 is 0. The molecule has 0 spiro atoms. The SMILES string of the molecule is CCNC(=NCCOCCS(C)(=O)=O)NCCNC(=O)OC(C)(C)C.I. The van der Waals surface area contributed by atoms with Gasteiger partial charge in [-0.15, -0.1) is 24.0 Å². The Kier molecular flexibility index (Phi) is 15.0. The van der Waals surface area contributed by atoms with Crippen LogP contribution in [0.1, 0.15) is 27.7 Å². The summed E-state index contributed by atoms with van der Waals surface area (Å²) in [6, 6.07) is 0. The van der Waals surface area contributed by atoms with Crippen molar-refractivity contribution in [3.8, 4) is 0 Å². The average molecular weight is 508 g/mol. The number of nitrogens with zero attached hydrogens (tertiary/aromatic N) is 1. The molecule has 0 fully saturated rings. The second kappa shape index (κ2) is 14.3. The molecule has 0 atom stereocenters. The third-order valence-electron chi connectivity index (χ3n) is 2.53. The molecule has 0 saturated heterocycles. The molecule has 0 bridgehead atoms. The number of nitrogens with one attached hydrogen (secondary N) is 3. The van der Waals surface area contributed by atoms with E-state index in [1.807, 2.05) is 6.92 Å². The minimum Gasteiger partial charge on any atom is -0.444 e. The van der Waals surface area contributed by atoms with E-state index in [4.69, 9.17) is 9.47 Å². The van der Waals surface area contributed by atoms with Gasteiger partial charge in [0, 0.05) is 25.9 Å². The highest BCUT2D eigenvalue weighted by Crippen LogP contribution is 2.05. The summed E-state index contributed by atoms with van der Waals surface area (Å²) in [6.45, 7) is 9.83. The van der Waals surface area contributed by atoms with Crippen molar-refractivity contribution >= 4 is 45.9 Å². The van der Waals surface area contributed by atoms with Crippen LogP contribution < -0.4 is 16.0 Å². The lowest BCUT2D eigenvalue weighted by molar-refractivity contribution is 0.0529. The van der Waals surface area contributed by atoms with E-state index in [-0.39, 0.29) is 36.3 Å². The minimum absolute atomic E-state index is 0. The predicted octanol–water partition coefficient (Wildman–Crippen LogP) is 0.745. The first kappa shape index (κ1) is 27.4.